The first-order valence-corrected chi connectivity index (χ1v) is 12.5. The zero-order chi connectivity index (χ0) is 22.9. The zero-order valence-electron chi connectivity index (χ0n) is 19.1. The molecule has 0 radical (unpaired) electrons. The molecule has 1 N–H and O–H groups in total. The van der Waals surface area contributed by atoms with Crippen LogP contribution in [0.15, 0.2) is 53.4 Å². The van der Waals surface area contributed by atoms with E-state index in [0.717, 1.165) is 52.8 Å². The molecule has 1 aliphatic rings. The Morgan fingerprint density at radius 2 is 1.53 bits per heavy atom. The van der Waals surface area contributed by atoms with Gasteiger partial charge in [-0.2, -0.15) is 0 Å². The van der Waals surface area contributed by atoms with E-state index in [1.807, 2.05) is 57.2 Å². The smallest absolute Gasteiger partial charge is 0.262 e. The molecule has 1 aromatic heterocycles. The lowest BCUT2D eigenvalue weighted by Crippen LogP contribution is -2.33. The number of piperidine rings is 1. The van der Waals surface area contributed by atoms with Crippen LogP contribution >= 0.6 is 0 Å². The van der Waals surface area contributed by atoms with Gasteiger partial charge in [0.1, 0.15) is 0 Å². The fourth-order valence-corrected chi connectivity index (χ4v) is 5.91. The third kappa shape index (κ3) is 4.78. The minimum Gasteiger partial charge on any atom is -0.355 e. The molecule has 2 heterocycles. The molecule has 0 spiro atoms. The van der Waals surface area contributed by atoms with E-state index in [1.165, 1.54) is 12.8 Å². The number of hydrogen-bond donors (Lipinski definition) is 1. The Hall–Kier alpha value is -2.93. The first kappa shape index (κ1) is 22.3. The van der Waals surface area contributed by atoms with Crippen molar-refractivity contribution in [2.75, 3.05) is 22.7 Å². The highest BCUT2D eigenvalue weighted by molar-refractivity contribution is 7.92. The Balaban J connectivity index is 1.49. The van der Waals surface area contributed by atoms with Crippen molar-refractivity contribution >= 4 is 21.5 Å². The largest absolute Gasteiger partial charge is 0.355 e. The van der Waals surface area contributed by atoms with Gasteiger partial charge in [0, 0.05) is 24.3 Å². The molecule has 168 valence electrons. The quantitative estimate of drug-likeness (QED) is 0.585. The molecule has 2 aromatic carbocycles. The van der Waals surface area contributed by atoms with E-state index in [0.29, 0.717) is 10.6 Å². The Morgan fingerprint density at radius 3 is 2.09 bits per heavy atom. The van der Waals surface area contributed by atoms with E-state index >= 15 is 0 Å². The fraction of sp³-hybridized carbons (Fsp3) is 0.360. The number of aryl methyl sites for hydroxylation is 3. The number of benzene rings is 2. The minimum absolute atomic E-state index is 0.334. The van der Waals surface area contributed by atoms with Crippen LogP contribution in [-0.2, 0) is 10.0 Å². The van der Waals surface area contributed by atoms with Crippen molar-refractivity contribution in [2.45, 2.75) is 45.4 Å². The summed E-state index contributed by atoms with van der Waals surface area (Å²) in [6.07, 6.45) is 2.37. The second-order valence-electron chi connectivity index (χ2n) is 8.86. The summed E-state index contributed by atoms with van der Waals surface area (Å²) in [6.45, 7) is 9.94. The van der Waals surface area contributed by atoms with Crippen molar-refractivity contribution in [3.8, 4) is 11.3 Å². The third-order valence-corrected chi connectivity index (χ3v) is 7.75. The SMILES string of the molecule is Cc1cc(C)c(S(=O)(=O)Nc2ccc(-c3ccc(N4CCC(C)CC4)nn3)cc2)c(C)c1. The van der Waals surface area contributed by atoms with Gasteiger partial charge < -0.3 is 4.90 Å². The molecule has 0 bridgehead atoms. The predicted octanol–water partition coefficient (Wildman–Crippen LogP) is 5.11. The topological polar surface area (TPSA) is 75.2 Å². The summed E-state index contributed by atoms with van der Waals surface area (Å²) in [5.74, 6) is 1.68. The van der Waals surface area contributed by atoms with Gasteiger partial charge in [-0.1, -0.05) is 36.8 Å². The first-order chi connectivity index (χ1) is 15.2. The maximum Gasteiger partial charge on any atom is 0.262 e. The predicted molar refractivity (Wildman–Crippen MR) is 130 cm³/mol. The Morgan fingerprint density at radius 1 is 0.906 bits per heavy atom. The number of aromatic nitrogens is 2. The summed E-state index contributed by atoms with van der Waals surface area (Å²) < 4.78 is 28.7. The standard InChI is InChI=1S/C25H30N4O2S/c1-17-11-13-29(14-12-17)24-10-9-23(26-27-24)21-5-7-22(8-6-21)28-32(30,31)25-19(3)15-18(2)16-20(25)4/h5-10,15-17,28H,11-14H2,1-4H3. The number of hydrogen-bond acceptors (Lipinski definition) is 5. The van der Waals surface area contributed by atoms with Gasteiger partial charge in [0.15, 0.2) is 5.82 Å². The van der Waals surface area contributed by atoms with Crippen LogP contribution in [0.1, 0.15) is 36.5 Å². The van der Waals surface area contributed by atoms with E-state index in [9.17, 15) is 8.42 Å². The number of sulfonamides is 1. The Kier molecular flexibility index (Phi) is 6.20. The maximum absolute atomic E-state index is 13.0. The van der Waals surface area contributed by atoms with Crippen LogP contribution in [0.4, 0.5) is 11.5 Å². The summed E-state index contributed by atoms with van der Waals surface area (Å²) in [5.41, 5.74) is 4.70. The highest BCUT2D eigenvalue weighted by Crippen LogP contribution is 2.27. The summed E-state index contributed by atoms with van der Waals surface area (Å²) in [6, 6.07) is 15.0. The number of nitrogens with zero attached hydrogens (tertiary/aromatic N) is 3. The normalized spacial score (nSPS) is 15.1. The second-order valence-corrected chi connectivity index (χ2v) is 10.5. The van der Waals surface area contributed by atoms with Crippen LogP contribution in [0.2, 0.25) is 0 Å². The molecular weight excluding hydrogens is 420 g/mol. The van der Waals surface area contributed by atoms with Gasteiger partial charge in [0.05, 0.1) is 10.6 Å². The molecule has 6 nitrogen and oxygen atoms in total. The van der Waals surface area contributed by atoms with Gasteiger partial charge in [-0.05, 0) is 74.9 Å². The first-order valence-electron chi connectivity index (χ1n) is 11.0. The van der Waals surface area contributed by atoms with Gasteiger partial charge >= 0.3 is 0 Å². The van der Waals surface area contributed by atoms with E-state index in [1.54, 1.807) is 12.1 Å². The highest BCUT2D eigenvalue weighted by atomic mass is 32.2. The van der Waals surface area contributed by atoms with Gasteiger partial charge in [0.25, 0.3) is 10.0 Å². The minimum atomic E-state index is -3.67. The second kappa shape index (κ2) is 8.90. The van der Waals surface area contributed by atoms with Crippen LogP contribution in [0, 0.1) is 26.7 Å². The Labute approximate surface area is 190 Å². The number of rotatable bonds is 5. The summed E-state index contributed by atoms with van der Waals surface area (Å²) >= 11 is 0. The van der Waals surface area contributed by atoms with Crippen LogP contribution in [0.5, 0.6) is 0 Å². The van der Waals surface area contributed by atoms with Crippen LogP contribution < -0.4 is 9.62 Å². The maximum atomic E-state index is 13.0. The average molecular weight is 451 g/mol. The number of anilines is 2. The molecule has 0 atom stereocenters. The van der Waals surface area contributed by atoms with Crippen LogP contribution in [0.3, 0.4) is 0 Å². The summed E-state index contributed by atoms with van der Waals surface area (Å²) in [4.78, 5) is 2.62. The van der Waals surface area contributed by atoms with Gasteiger partial charge in [-0.3, -0.25) is 4.72 Å². The van der Waals surface area contributed by atoms with Crippen molar-refractivity contribution < 1.29 is 8.42 Å². The molecular formula is C25H30N4O2S. The van der Waals surface area contributed by atoms with Crippen LogP contribution in [0.25, 0.3) is 11.3 Å². The molecule has 7 heteroatoms. The molecule has 0 amide bonds. The Bertz CT molecular complexity index is 1170. The van der Waals surface area contributed by atoms with Crippen LogP contribution in [-0.4, -0.2) is 31.7 Å². The fourth-order valence-electron chi connectivity index (χ4n) is 4.39. The van der Waals surface area contributed by atoms with Gasteiger partial charge in [-0.25, -0.2) is 8.42 Å². The lowest BCUT2D eigenvalue weighted by atomic mass is 9.99. The van der Waals surface area contributed by atoms with Gasteiger partial charge in [-0.15, -0.1) is 10.2 Å². The van der Waals surface area contributed by atoms with Crippen molar-refractivity contribution in [1.82, 2.24) is 10.2 Å². The zero-order valence-corrected chi connectivity index (χ0v) is 19.9. The van der Waals surface area contributed by atoms with Crippen molar-refractivity contribution in [1.29, 1.82) is 0 Å². The van der Waals surface area contributed by atoms with E-state index in [4.69, 9.17) is 0 Å². The van der Waals surface area contributed by atoms with E-state index in [-0.39, 0.29) is 0 Å². The van der Waals surface area contributed by atoms with Crippen molar-refractivity contribution in [3.63, 3.8) is 0 Å². The van der Waals surface area contributed by atoms with Gasteiger partial charge in [0.2, 0.25) is 0 Å². The average Bonchev–Trinajstić information content (AvgIpc) is 2.74. The molecule has 0 saturated carbocycles. The monoisotopic (exact) mass is 450 g/mol. The third-order valence-electron chi connectivity index (χ3n) is 6.06. The van der Waals surface area contributed by atoms with Crippen molar-refractivity contribution in [2.24, 2.45) is 5.92 Å². The molecule has 32 heavy (non-hydrogen) atoms. The molecule has 0 unspecified atom stereocenters. The highest BCUT2D eigenvalue weighted by Gasteiger charge is 2.20. The molecule has 0 aliphatic carbocycles. The molecule has 4 rings (SSSR count). The molecule has 1 aliphatic heterocycles. The van der Waals surface area contributed by atoms with E-state index < -0.39 is 10.0 Å². The molecule has 1 fully saturated rings. The lowest BCUT2D eigenvalue weighted by Gasteiger charge is -2.30. The summed E-state index contributed by atoms with van der Waals surface area (Å²) in [5, 5.41) is 8.81. The van der Waals surface area contributed by atoms with E-state index in [2.05, 4.69) is 26.7 Å². The molecule has 1 saturated heterocycles. The molecule has 3 aromatic rings. The van der Waals surface area contributed by atoms with Crippen molar-refractivity contribution in [3.05, 3.63) is 65.2 Å². The lowest BCUT2D eigenvalue weighted by molar-refractivity contribution is 0.436. The summed E-state index contributed by atoms with van der Waals surface area (Å²) in [7, 11) is -3.67. The number of nitrogens with one attached hydrogen (secondary N) is 1.